The summed E-state index contributed by atoms with van der Waals surface area (Å²) in [7, 11) is -0.353. The van der Waals surface area contributed by atoms with Gasteiger partial charge in [-0.05, 0) is 120 Å². The third kappa shape index (κ3) is 6.79. The minimum atomic E-state index is -0.474. The number of rotatable bonds is 1. The second-order valence-electron chi connectivity index (χ2n) is 12.4. The molecule has 3 aliphatic rings. The maximum atomic E-state index is 12.3. The van der Waals surface area contributed by atoms with E-state index in [-0.39, 0.29) is 24.4 Å². The average Bonchev–Trinajstić information content (AvgIpc) is 3.04. The molecule has 2 aromatic carbocycles. The third-order valence-corrected chi connectivity index (χ3v) is 8.22. The van der Waals surface area contributed by atoms with Crippen molar-refractivity contribution in [1.29, 1.82) is 0 Å². The fourth-order valence-electron chi connectivity index (χ4n) is 4.88. The van der Waals surface area contributed by atoms with Crippen LogP contribution in [0.15, 0.2) is 40.9 Å². The third-order valence-electron chi connectivity index (χ3n) is 7.73. The largest absolute Gasteiger partial charge is 0.494 e. The standard InChI is InChI=1S/C20H30BNO4.C10H11Br/c1-18(2,3)24-17(23)22-11-10-14-12-16(9-8-15(14)13-22)21-25-19(4,5)20(6,7)26-21;11-10-6-5-8-3-1-2-4-9(8)7-10/h8-9,12H,10-11,13H2,1-7H3;5-7H,1-4H2. The first-order valence-corrected chi connectivity index (χ1v) is 14.3. The van der Waals surface area contributed by atoms with Gasteiger partial charge in [0.25, 0.3) is 0 Å². The highest BCUT2D eigenvalue weighted by atomic mass is 79.9. The molecule has 1 aliphatic carbocycles. The quantitative estimate of drug-likeness (QED) is 0.363. The number of hydrogen-bond donors (Lipinski definition) is 0. The lowest BCUT2D eigenvalue weighted by molar-refractivity contribution is 0.00578. The van der Waals surface area contributed by atoms with Crippen molar-refractivity contribution in [2.75, 3.05) is 6.54 Å². The summed E-state index contributed by atoms with van der Waals surface area (Å²) in [6.45, 7) is 15.1. The molecule has 0 unspecified atom stereocenters. The molecule has 2 heterocycles. The van der Waals surface area contributed by atoms with E-state index in [1.165, 1.54) is 35.7 Å². The smallest absolute Gasteiger partial charge is 0.444 e. The molecule has 0 saturated carbocycles. The first-order chi connectivity index (χ1) is 17.2. The van der Waals surface area contributed by atoms with Crippen LogP contribution in [-0.4, -0.2) is 41.5 Å². The van der Waals surface area contributed by atoms with E-state index >= 15 is 0 Å². The zero-order chi connectivity index (χ0) is 27.0. The number of nitrogens with zero attached hydrogens (tertiary/aromatic N) is 1. The second kappa shape index (κ2) is 10.7. The van der Waals surface area contributed by atoms with Gasteiger partial charge in [0, 0.05) is 17.6 Å². The lowest BCUT2D eigenvalue weighted by atomic mass is 9.77. The maximum absolute atomic E-state index is 12.3. The van der Waals surface area contributed by atoms with Gasteiger partial charge in [0.1, 0.15) is 5.60 Å². The first kappa shape index (κ1) is 28.2. The van der Waals surface area contributed by atoms with Gasteiger partial charge >= 0.3 is 13.2 Å². The van der Waals surface area contributed by atoms with Crippen LogP contribution < -0.4 is 5.46 Å². The van der Waals surface area contributed by atoms with Gasteiger partial charge in [-0.25, -0.2) is 4.79 Å². The molecule has 5 nitrogen and oxygen atoms in total. The van der Waals surface area contributed by atoms with Gasteiger partial charge in [0.2, 0.25) is 0 Å². The Hall–Kier alpha value is -1.83. The van der Waals surface area contributed by atoms with Crippen LogP contribution >= 0.6 is 15.9 Å². The molecule has 0 N–H and O–H groups in total. The molecule has 200 valence electrons. The molecule has 0 atom stereocenters. The van der Waals surface area contributed by atoms with Gasteiger partial charge in [-0.3, -0.25) is 0 Å². The van der Waals surface area contributed by atoms with Crippen LogP contribution in [0.3, 0.4) is 0 Å². The van der Waals surface area contributed by atoms with Gasteiger partial charge in [0.05, 0.1) is 11.2 Å². The average molecular weight is 570 g/mol. The van der Waals surface area contributed by atoms with Crippen LogP contribution in [0.25, 0.3) is 0 Å². The molecule has 1 saturated heterocycles. The van der Waals surface area contributed by atoms with Gasteiger partial charge in [-0.1, -0.05) is 40.2 Å². The molecule has 0 radical (unpaired) electrons. The van der Waals surface area contributed by atoms with Crippen molar-refractivity contribution in [1.82, 2.24) is 4.90 Å². The monoisotopic (exact) mass is 569 g/mol. The number of hydrogen-bond acceptors (Lipinski definition) is 4. The Kier molecular flexibility index (Phi) is 8.18. The Bertz CT molecular complexity index is 1120. The SMILES string of the molecule is Brc1ccc2c(c1)CCCC2.CC(C)(C)OC(=O)N1CCc2cc(B3OC(C)(C)C(C)(C)O3)ccc2C1. The van der Waals surface area contributed by atoms with E-state index in [9.17, 15) is 4.79 Å². The minimum Gasteiger partial charge on any atom is -0.444 e. The molecule has 0 spiro atoms. The van der Waals surface area contributed by atoms with Crippen LogP contribution in [0, 0.1) is 0 Å². The summed E-state index contributed by atoms with van der Waals surface area (Å²) in [5, 5.41) is 0. The summed E-state index contributed by atoms with van der Waals surface area (Å²) in [4.78, 5) is 14.1. The van der Waals surface area contributed by atoms with E-state index in [0.29, 0.717) is 13.1 Å². The molecule has 1 fully saturated rings. The Labute approximate surface area is 231 Å². The van der Waals surface area contributed by atoms with Crippen molar-refractivity contribution >= 4 is 34.6 Å². The highest BCUT2D eigenvalue weighted by Gasteiger charge is 2.51. The molecular weight excluding hydrogens is 529 g/mol. The number of halogens is 1. The lowest BCUT2D eigenvalue weighted by Gasteiger charge is -2.32. The summed E-state index contributed by atoms with van der Waals surface area (Å²) in [6.07, 6.45) is 5.84. The predicted octanol–water partition coefficient (Wildman–Crippen LogP) is 6.61. The molecule has 2 aromatic rings. The Morgan fingerprint density at radius 1 is 0.892 bits per heavy atom. The fraction of sp³-hybridized carbons (Fsp3) is 0.567. The zero-order valence-electron chi connectivity index (χ0n) is 23.4. The number of aryl methyl sites for hydroxylation is 2. The van der Waals surface area contributed by atoms with Crippen molar-refractivity contribution in [3.63, 3.8) is 0 Å². The van der Waals surface area contributed by atoms with Crippen molar-refractivity contribution in [2.24, 2.45) is 0 Å². The van der Waals surface area contributed by atoms with Crippen LogP contribution in [0.5, 0.6) is 0 Å². The molecule has 37 heavy (non-hydrogen) atoms. The van der Waals surface area contributed by atoms with E-state index in [1.54, 1.807) is 16.0 Å². The number of amides is 1. The molecule has 0 bridgehead atoms. The predicted molar refractivity (Wildman–Crippen MR) is 153 cm³/mol. The normalized spacial score (nSPS) is 19.9. The molecule has 7 heteroatoms. The van der Waals surface area contributed by atoms with Crippen molar-refractivity contribution in [3.05, 3.63) is 63.1 Å². The summed E-state index contributed by atoms with van der Waals surface area (Å²) in [6, 6.07) is 12.9. The highest BCUT2D eigenvalue weighted by Crippen LogP contribution is 2.36. The van der Waals surface area contributed by atoms with E-state index in [1.807, 2.05) is 26.8 Å². The highest BCUT2D eigenvalue weighted by molar-refractivity contribution is 9.10. The fourth-order valence-corrected chi connectivity index (χ4v) is 5.29. The zero-order valence-corrected chi connectivity index (χ0v) is 25.0. The van der Waals surface area contributed by atoms with Gasteiger partial charge < -0.3 is 18.9 Å². The molecular formula is C30H41BBrNO4. The molecule has 2 aliphatic heterocycles. The number of carbonyl (C=O) groups is 1. The summed E-state index contributed by atoms with van der Waals surface area (Å²) in [5.74, 6) is 0. The van der Waals surface area contributed by atoms with Crippen LogP contribution in [-0.2, 0) is 39.9 Å². The second-order valence-corrected chi connectivity index (χ2v) is 13.3. The number of fused-ring (bicyclic) bond motifs is 2. The number of carbonyl (C=O) groups excluding carboxylic acids is 1. The number of benzene rings is 2. The van der Waals surface area contributed by atoms with E-state index in [2.05, 4.69) is 74.0 Å². The maximum Gasteiger partial charge on any atom is 0.494 e. The summed E-state index contributed by atoms with van der Waals surface area (Å²) in [5.41, 5.74) is 5.37. The van der Waals surface area contributed by atoms with Gasteiger partial charge in [-0.2, -0.15) is 0 Å². The lowest BCUT2D eigenvalue weighted by Crippen LogP contribution is -2.41. The molecule has 5 rings (SSSR count). The van der Waals surface area contributed by atoms with Crippen LogP contribution in [0.2, 0.25) is 0 Å². The number of ether oxygens (including phenoxy) is 1. The summed E-state index contributed by atoms with van der Waals surface area (Å²) < 4.78 is 19.0. The topological polar surface area (TPSA) is 48.0 Å². The Morgan fingerprint density at radius 3 is 2.14 bits per heavy atom. The van der Waals surface area contributed by atoms with Gasteiger partial charge in [-0.15, -0.1) is 0 Å². The van der Waals surface area contributed by atoms with Crippen molar-refractivity contribution < 1.29 is 18.8 Å². The van der Waals surface area contributed by atoms with Crippen molar-refractivity contribution in [2.45, 2.75) is 104 Å². The first-order valence-electron chi connectivity index (χ1n) is 13.5. The van der Waals surface area contributed by atoms with Gasteiger partial charge in [0.15, 0.2) is 0 Å². The molecule has 0 aromatic heterocycles. The van der Waals surface area contributed by atoms with E-state index < -0.39 is 5.60 Å². The summed E-state index contributed by atoms with van der Waals surface area (Å²) >= 11 is 3.49. The Balaban J connectivity index is 0.000000241. The van der Waals surface area contributed by atoms with Crippen molar-refractivity contribution in [3.8, 4) is 0 Å². The minimum absolute atomic E-state index is 0.252. The van der Waals surface area contributed by atoms with Crippen LogP contribution in [0.1, 0.15) is 83.6 Å². The van der Waals surface area contributed by atoms with E-state index in [4.69, 9.17) is 14.0 Å². The van der Waals surface area contributed by atoms with E-state index in [0.717, 1.165) is 17.4 Å². The molecule has 1 amide bonds. The van der Waals surface area contributed by atoms with Crippen LogP contribution in [0.4, 0.5) is 4.79 Å². The Morgan fingerprint density at radius 2 is 1.49 bits per heavy atom.